The van der Waals surface area contributed by atoms with Gasteiger partial charge in [-0.2, -0.15) is 10.5 Å². The van der Waals surface area contributed by atoms with Gasteiger partial charge in [-0.15, -0.1) is 11.8 Å². The van der Waals surface area contributed by atoms with E-state index in [0.29, 0.717) is 11.3 Å². The summed E-state index contributed by atoms with van der Waals surface area (Å²) in [6.45, 7) is 2.65. The summed E-state index contributed by atoms with van der Waals surface area (Å²) in [5.41, 5.74) is 1.68. The van der Waals surface area contributed by atoms with E-state index >= 15 is 0 Å². The molecule has 0 unspecified atom stereocenters. The minimum absolute atomic E-state index is 0.214. The summed E-state index contributed by atoms with van der Waals surface area (Å²) in [6, 6.07) is 10.4. The first-order valence-corrected chi connectivity index (χ1v) is 8.14. The fraction of sp³-hybridized carbons (Fsp3) is 0.500. The van der Waals surface area contributed by atoms with Crippen LogP contribution in [0.5, 0.6) is 5.75 Å². The van der Waals surface area contributed by atoms with Crippen LogP contribution < -0.4 is 4.74 Å². The Kier molecular flexibility index (Phi) is 5.12. The van der Waals surface area contributed by atoms with Gasteiger partial charge >= 0.3 is 0 Å². The molecule has 0 saturated carbocycles. The van der Waals surface area contributed by atoms with Gasteiger partial charge < -0.3 is 4.74 Å². The number of nitriles is 2. The van der Waals surface area contributed by atoms with E-state index in [9.17, 15) is 5.26 Å². The van der Waals surface area contributed by atoms with E-state index in [4.69, 9.17) is 10.00 Å². The summed E-state index contributed by atoms with van der Waals surface area (Å²) in [6.07, 6.45) is 3.80. The highest BCUT2D eigenvalue weighted by Crippen LogP contribution is 2.34. The highest BCUT2D eigenvalue weighted by atomic mass is 32.2. The van der Waals surface area contributed by atoms with Crippen molar-refractivity contribution in [2.24, 2.45) is 0 Å². The number of benzene rings is 1. The van der Waals surface area contributed by atoms with Crippen LogP contribution in [0.2, 0.25) is 0 Å². The van der Waals surface area contributed by atoms with E-state index in [1.165, 1.54) is 0 Å². The average Bonchev–Trinajstić information content (AvgIpc) is 2.55. The molecule has 1 aromatic rings. The molecule has 0 aromatic heterocycles. The maximum absolute atomic E-state index is 9.30. The molecule has 21 heavy (non-hydrogen) atoms. The van der Waals surface area contributed by atoms with Gasteiger partial charge in [0.2, 0.25) is 0 Å². The number of ether oxygens (including phenoxy) is 1. The Morgan fingerprint density at radius 3 is 2.57 bits per heavy atom. The maximum Gasteiger partial charge on any atom is 0.136 e. The predicted molar refractivity (Wildman–Crippen MR) is 84.1 cm³/mol. The van der Waals surface area contributed by atoms with Gasteiger partial charge in [-0.1, -0.05) is 6.07 Å². The summed E-state index contributed by atoms with van der Waals surface area (Å²) in [4.78, 5) is 2.34. The van der Waals surface area contributed by atoms with Crippen LogP contribution in [0.1, 0.15) is 24.0 Å². The lowest BCUT2D eigenvalue weighted by atomic mass is 9.96. The topological polar surface area (TPSA) is 60.0 Å². The SMILES string of the molecule is COc1ccc(CN2CCC(C#N)(SC)CC2)cc1C#N. The molecule has 2 rings (SSSR count). The number of hydrogen-bond donors (Lipinski definition) is 0. The minimum Gasteiger partial charge on any atom is -0.495 e. The second-order valence-corrected chi connectivity index (χ2v) is 6.42. The Balaban J connectivity index is 2.01. The summed E-state index contributed by atoms with van der Waals surface area (Å²) in [5, 5.41) is 18.4. The van der Waals surface area contributed by atoms with Crippen molar-refractivity contribution in [1.82, 2.24) is 4.90 Å². The Hall–Kier alpha value is -1.69. The van der Waals surface area contributed by atoms with E-state index in [1.807, 2.05) is 24.5 Å². The Morgan fingerprint density at radius 2 is 2.05 bits per heavy atom. The lowest BCUT2D eigenvalue weighted by Gasteiger charge is -2.36. The molecule has 4 nitrogen and oxygen atoms in total. The Bertz CT molecular complexity index is 580. The van der Waals surface area contributed by atoms with Gasteiger partial charge in [0.05, 0.1) is 18.7 Å². The summed E-state index contributed by atoms with van der Waals surface area (Å²) >= 11 is 1.67. The predicted octanol–water partition coefficient (Wildman–Crippen LogP) is 2.79. The third kappa shape index (κ3) is 3.50. The highest BCUT2D eigenvalue weighted by Gasteiger charge is 2.33. The number of likely N-dealkylation sites (tertiary alicyclic amines) is 1. The zero-order chi connectivity index (χ0) is 15.3. The van der Waals surface area contributed by atoms with Crippen LogP contribution in [0.25, 0.3) is 0 Å². The molecule has 0 N–H and O–H groups in total. The van der Waals surface area contributed by atoms with Gasteiger partial charge in [0.1, 0.15) is 16.6 Å². The lowest BCUT2D eigenvalue weighted by molar-refractivity contribution is 0.209. The molecule has 1 saturated heterocycles. The molecule has 1 heterocycles. The normalized spacial score (nSPS) is 17.7. The molecule has 110 valence electrons. The number of thioether (sulfide) groups is 1. The first-order chi connectivity index (χ1) is 10.2. The molecule has 0 bridgehead atoms. The highest BCUT2D eigenvalue weighted by molar-refractivity contribution is 8.00. The number of piperidine rings is 1. The standard InChI is InChI=1S/C16H19N3OS/c1-20-15-4-3-13(9-14(15)10-17)11-19-7-5-16(12-18,21-2)6-8-19/h3-4,9H,5-8,11H2,1-2H3. The molecule has 1 fully saturated rings. The van der Waals surface area contributed by atoms with E-state index < -0.39 is 0 Å². The third-order valence-corrected chi connectivity index (χ3v) is 5.33. The van der Waals surface area contributed by atoms with Crippen molar-refractivity contribution in [2.75, 3.05) is 26.5 Å². The van der Waals surface area contributed by atoms with E-state index in [-0.39, 0.29) is 4.75 Å². The molecular formula is C16H19N3OS. The molecule has 0 aliphatic carbocycles. The fourth-order valence-electron chi connectivity index (χ4n) is 2.63. The van der Waals surface area contributed by atoms with E-state index in [1.54, 1.807) is 18.9 Å². The zero-order valence-corrected chi connectivity index (χ0v) is 13.2. The molecule has 0 spiro atoms. The molecule has 1 aliphatic heterocycles. The van der Waals surface area contributed by atoms with Crippen molar-refractivity contribution in [2.45, 2.75) is 24.1 Å². The van der Waals surface area contributed by atoms with Gasteiger partial charge in [0.15, 0.2) is 0 Å². The zero-order valence-electron chi connectivity index (χ0n) is 12.4. The smallest absolute Gasteiger partial charge is 0.136 e. The summed E-state index contributed by atoms with van der Waals surface area (Å²) in [5.74, 6) is 0.616. The van der Waals surface area contributed by atoms with Crippen LogP contribution in [0.4, 0.5) is 0 Å². The largest absolute Gasteiger partial charge is 0.495 e. The van der Waals surface area contributed by atoms with E-state index in [0.717, 1.165) is 38.0 Å². The van der Waals surface area contributed by atoms with Crippen LogP contribution >= 0.6 is 11.8 Å². The van der Waals surface area contributed by atoms with Crippen LogP contribution in [0, 0.1) is 22.7 Å². The first-order valence-electron chi connectivity index (χ1n) is 6.92. The van der Waals surface area contributed by atoms with Crippen LogP contribution in [-0.4, -0.2) is 36.1 Å². The van der Waals surface area contributed by atoms with Crippen molar-refractivity contribution < 1.29 is 4.74 Å². The fourth-order valence-corrected chi connectivity index (χ4v) is 3.32. The van der Waals surface area contributed by atoms with Crippen molar-refractivity contribution in [1.29, 1.82) is 10.5 Å². The van der Waals surface area contributed by atoms with Crippen LogP contribution in [0.15, 0.2) is 18.2 Å². The maximum atomic E-state index is 9.30. The molecule has 0 amide bonds. The van der Waals surface area contributed by atoms with Gasteiger partial charge in [-0.25, -0.2) is 0 Å². The van der Waals surface area contributed by atoms with Gasteiger partial charge in [-0.3, -0.25) is 4.90 Å². The third-order valence-electron chi connectivity index (χ3n) is 4.05. The lowest BCUT2D eigenvalue weighted by Crippen LogP contribution is -2.41. The number of hydrogen-bond acceptors (Lipinski definition) is 5. The Labute approximate surface area is 130 Å². The minimum atomic E-state index is -0.214. The first kappa shape index (κ1) is 15.7. The van der Waals surface area contributed by atoms with Gasteiger partial charge in [0, 0.05) is 19.6 Å². The van der Waals surface area contributed by atoms with E-state index in [2.05, 4.69) is 17.0 Å². The summed E-state index contributed by atoms with van der Waals surface area (Å²) < 4.78 is 4.95. The van der Waals surface area contributed by atoms with Gasteiger partial charge in [0.25, 0.3) is 0 Å². The second kappa shape index (κ2) is 6.85. The molecule has 5 heteroatoms. The quantitative estimate of drug-likeness (QED) is 0.856. The molecule has 0 atom stereocenters. The van der Waals surface area contributed by atoms with Crippen molar-refractivity contribution in [3.05, 3.63) is 29.3 Å². The monoisotopic (exact) mass is 301 g/mol. The van der Waals surface area contributed by atoms with Crippen molar-refractivity contribution in [3.8, 4) is 17.9 Å². The van der Waals surface area contributed by atoms with Crippen LogP contribution in [-0.2, 0) is 6.54 Å². The molecule has 1 aliphatic rings. The average molecular weight is 301 g/mol. The number of methoxy groups -OCH3 is 1. The van der Waals surface area contributed by atoms with Crippen molar-refractivity contribution in [3.63, 3.8) is 0 Å². The van der Waals surface area contributed by atoms with Crippen LogP contribution in [0.3, 0.4) is 0 Å². The molecule has 1 aromatic carbocycles. The molecular weight excluding hydrogens is 282 g/mol. The van der Waals surface area contributed by atoms with Gasteiger partial charge in [-0.05, 0) is 36.8 Å². The number of rotatable bonds is 4. The molecule has 0 radical (unpaired) electrons. The van der Waals surface area contributed by atoms with Crippen molar-refractivity contribution >= 4 is 11.8 Å². The Morgan fingerprint density at radius 1 is 1.33 bits per heavy atom. The second-order valence-electron chi connectivity index (χ2n) is 5.23. The summed E-state index contributed by atoms with van der Waals surface area (Å²) in [7, 11) is 1.57. The number of nitrogens with zero attached hydrogens (tertiary/aromatic N) is 3.